The van der Waals surface area contributed by atoms with Crippen LogP contribution in [0.5, 0.6) is 0 Å². The third kappa shape index (κ3) is 2.06. The zero-order valence-electron chi connectivity index (χ0n) is 9.77. The number of hydrogen-bond acceptors (Lipinski definition) is 1. The molecule has 0 N–H and O–H groups in total. The number of nitrogens with zero attached hydrogens (tertiary/aromatic N) is 1. The summed E-state index contributed by atoms with van der Waals surface area (Å²) in [6.07, 6.45) is 0.521. The molecule has 0 saturated heterocycles. The van der Waals surface area contributed by atoms with Crippen LogP contribution in [0, 0.1) is 0 Å². The molecule has 0 fully saturated rings. The fraction of sp³-hybridized carbons (Fsp3) is 0.133. The second kappa shape index (κ2) is 4.58. The number of halogens is 1. The lowest BCUT2D eigenvalue weighted by atomic mass is 10.1. The Kier molecular flexibility index (Phi) is 2.92. The molecule has 1 heterocycles. The highest BCUT2D eigenvalue weighted by Gasteiger charge is 2.26. The topological polar surface area (TPSA) is 20.3 Å². The summed E-state index contributed by atoms with van der Waals surface area (Å²) >= 11 is 3.42. The van der Waals surface area contributed by atoms with Gasteiger partial charge in [-0.3, -0.25) is 4.79 Å². The van der Waals surface area contributed by atoms with E-state index in [1.54, 1.807) is 0 Å². The molecule has 1 aliphatic heterocycles. The van der Waals surface area contributed by atoms with E-state index < -0.39 is 0 Å². The molecule has 0 unspecified atom stereocenters. The van der Waals surface area contributed by atoms with Crippen LogP contribution < -0.4 is 4.90 Å². The smallest absolute Gasteiger partial charge is 0.231 e. The number of hydrogen-bond donors (Lipinski definition) is 0. The van der Waals surface area contributed by atoms with E-state index in [4.69, 9.17) is 0 Å². The van der Waals surface area contributed by atoms with Crippen LogP contribution in [-0.2, 0) is 17.8 Å². The van der Waals surface area contributed by atoms with Crippen molar-refractivity contribution in [1.82, 2.24) is 0 Å². The lowest BCUT2D eigenvalue weighted by Gasteiger charge is -2.17. The van der Waals surface area contributed by atoms with Gasteiger partial charge in [0.1, 0.15) is 0 Å². The van der Waals surface area contributed by atoms with Crippen LogP contribution in [0.15, 0.2) is 53.0 Å². The number of anilines is 1. The van der Waals surface area contributed by atoms with Gasteiger partial charge in [-0.05, 0) is 29.3 Å². The molecule has 0 saturated carbocycles. The summed E-state index contributed by atoms with van der Waals surface area (Å²) in [5.74, 6) is 0.180. The Labute approximate surface area is 114 Å². The van der Waals surface area contributed by atoms with E-state index in [0.29, 0.717) is 13.0 Å². The fourth-order valence-electron chi connectivity index (χ4n) is 2.26. The normalized spacial score (nSPS) is 13.8. The molecular weight excluding hydrogens is 290 g/mol. The maximum Gasteiger partial charge on any atom is 0.231 e. The van der Waals surface area contributed by atoms with Gasteiger partial charge in [-0.15, -0.1) is 0 Å². The highest BCUT2D eigenvalue weighted by Crippen LogP contribution is 2.29. The van der Waals surface area contributed by atoms with Gasteiger partial charge in [0, 0.05) is 10.2 Å². The third-order valence-corrected chi connectivity index (χ3v) is 3.71. The van der Waals surface area contributed by atoms with E-state index in [0.717, 1.165) is 21.3 Å². The summed E-state index contributed by atoms with van der Waals surface area (Å²) in [6, 6.07) is 16.1. The van der Waals surface area contributed by atoms with Crippen molar-refractivity contribution in [1.29, 1.82) is 0 Å². The van der Waals surface area contributed by atoms with E-state index in [1.807, 2.05) is 53.4 Å². The average Bonchev–Trinajstić information content (AvgIpc) is 2.69. The monoisotopic (exact) mass is 301 g/mol. The molecule has 1 aliphatic rings. The van der Waals surface area contributed by atoms with Gasteiger partial charge in [-0.2, -0.15) is 0 Å². The Morgan fingerprint density at radius 3 is 2.56 bits per heavy atom. The van der Waals surface area contributed by atoms with Crippen LogP contribution in [-0.4, -0.2) is 5.91 Å². The molecule has 2 aromatic rings. The van der Waals surface area contributed by atoms with Gasteiger partial charge in [0.25, 0.3) is 0 Å². The van der Waals surface area contributed by atoms with Crippen molar-refractivity contribution in [2.75, 3.05) is 4.90 Å². The first kappa shape index (κ1) is 11.5. The van der Waals surface area contributed by atoms with Crippen LogP contribution in [0.4, 0.5) is 5.69 Å². The number of rotatable bonds is 2. The predicted octanol–water partition coefficient (Wildman–Crippen LogP) is 3.54. The maximum atomic E-state index is 12.0. The molecule has 2 aromatic carbocycles. The molecule has 3 rings (SSSR count). The van der Waals surface area contributed by atoms with Crippen LogP contribution in [0.25, 0.3) is 0 Å². The van der Waals surface area contributed by atoms with Crippen molar-refractivity contribution in [3.63, 3.8) is 0 Å². The molecule has 0 aromatic heterocycles. The lowest BCUT2D eigenvalue weighted by Crippen LogP contribution is -2.25. The van der Waals surface area contributed by atoms with Crippen molar-refractivity contribution in [3.05, 3.63) is 64.1 Å². The van der Waals surface area contributed by atoms with Gasteiger partial charge in [-0.1, -0.05) is 46.3 Å². The van der Waals surface area contributed by atoms with E-state index in [2.05, 4.69) is 15.9 Å². The molecule has 0 spiro atoms. The van der Waals surface area contributed by atoms with Crippen molar-refractivity contribution >= 4 is 27.5 Å². The Bertz CT molecular complexity index is 592. The van der Waals surface area contributed by atoms with E-state index >= 15 is 0 Å². The molecule has 1 amide bonds. The lowest BCUT2D eigenvalue weighted by molar-refractivity contribution is -0.117. The molecule has 0 aliphatic carbocycles. The largest absolute Gasteiger partial charge is 0.307 e. The number of para-hydroxylation sites is 1. The SMILES string of the molecule is O=C1Cc2ccccc2N1Cc1ccc(Br)cc1. The number of carbonyl (C=O) groups excluding carboxylic acids is 1. The minimum Gasteiger partial charge on any atom is -0.307 e. The summed E-state index contributed by atoms with van der Waals surface area (Å²) in [4.78, 5) is 13.9. The summed E-state index contributed by atoms with van der Waals surface area (Å²) in [5.41, 5.74) is 3.31. The molecule has 90 valence electrons. The number of benzene rings is 2. The molecule has 3 heteroatoms. The first-order valence-corrected chi connectivity index (χ1v) is 6.66. The quantitative estimate of drug-likeness (QED) is 0.831. The standard InChI is InChI=1S/C15H12BrNO/c16-13-7-5-11(6-8-13)10-17-14-4-2-1-3-12(14)9-15(17)18/h1-8H,9-10H2. The summed E-state index contributed by atoms with van der Waals surface area (Å²) in [6.45, 7) is 0.642. The first-order valence-electron chi connectivity index (χ1n) is 5.87. The summed E-state index contributed by atoms with van der Waals surface area (Å²) < 4.78 is 1.05. The highest BCUT2D eigenvalue weighted by molar-refractivity contribution is 9.10. The highest BCUT2D eigenvalue weighted by atomic mass is 79.9. The Morgan fingerprint density at radius 2 is 1.78 bits per heavy atom. The van der Waals surface area contributed by atoms with E-state index in [1.165, 1.54) is 0 Å². The van der Waals surface area contributed by atoms with Crippen LogP contribution >= 0.6 is 15.9 Å². The molecule has 2 nitrogen and oxygen atoms in total. The molecule has 0 radical (unpaired) electrons. The second-order valence-electron chi connectivity index (χ2n) is 4.41. The van der Waals surface area contributed by atoms with Crippen LogP contribution in [0.2, 0.25) is 0 Å². The zero-order valence-corrected chi connectivity index (χ0v) is 11.4. The number of carbonyl (C=O) groups is 1. The van der Waals surface area contributed by atoms with Crippen LogP contribution in [0.3, 0.4) is 0 Å². The Morgan fingerprint density at radius 1 is 1.06 bits per heavy atom. The van der Waals surface area contributed by atoms with E-state index in [9.17, 15) is 4.79 Å². The van der Waals surface area contributed by atoms with Crippen molar-refractivity contribution in [3.8, 4) is 0 Å². The van der Waals surface area contributed by atoms with Gasteiger partial charge >= 0.3 is 0 Å². The number of fused-ring (bicyclic) bond motifs is 1. The zero-order chi connectivity index (χ0) is 12.5. The molecular formula is C15H12BrNO. The summed E-state index contributed by atoms with van der Waals surface area (Å²) in [5, 5.41) is 0. The molecule has 18 heavy (non-hydrogen) atoms. The minimum absolute atomic E-state index is 0.180. The fourth-order valence-corrected chi connectivity index (χ4v) is 2.53. The maximum absolute atomic E-state index is 12.0. The van der Waals surface area contributed by atoms with Gasteiger partial charge in [-0.25, -0.2) is 0 Å². The third-order valence-electron chi connectivity index (χ3n) is 3.18. The van der Waals surface area contributed by atoms with Gasteiger partial charge in [0.2, 0.25) is 5.91 Å². The van der Waals surface area contributed by atoms with E-state index in [-0.39, 0.29) is 5.91 Å². The van der Waals surface area contributed by atoms with Gasteiger partial charge < -0.3 is 4.90 Å². The van der Waals surface area contributed by atoms with Gasteiger partial charge in [0.15, 0.2) is 0 Å². The minimum atomic E-state index is 0.180. The number of amides is 1. The Balaban J connectivity index is 1.89. The average molecular weight is 302 g/mol. The Hall–Kier alpha value is -1.61. The molecule has 0 atom stereocenters. The molecule has 0 bridgehead atoms. The second-order valence-corrected chi connectivity index (χ2v) is 5.33. The first-order chi connectivity index (χ1) is 8.74. The van der Waals surface area contributed by atoms with Crippen molar-refractivity contribution in [2.45, 2.75) is 13.0 Å². The van der Waals surface area contributed by atoms with Crippen molar-refractivity contribution in [2.24, 2.45) is 0 Å². The van der Waals surface area contributed by atoms with Crippen LogP contribution in [0.1, 0.15) is 11.1 Å². The summed E-state index contributed by atoms with van der Waals surface area (Å²) in [7, 11) is 0. The van der Waals surface area contributed by atoms with Crippen molar-refractivity contribution < 1.29 is 4.79 Å². The van der Waals surface area contributed by atoms with Gasteiger partial charge in [0.05, 0.1) is 13.0 Å². The predicted molar refractivity (Wildman–Crippen MR) is 75.5 cm³/mol.